The van der Waals surface area contributed by atoms with E-state index in [0.717, 1.165) is 0 Å². The summed E-state index contributed by atoms with van der Waals surface area (Å²) in [4.78, 5) is 12.2. The molecule has 2 aromatic carbocycles. The van der Waals surface area contributed by atoms with Gasteiger partial charge in [0, 0.05) is 30.7 Å². The minimum Gasteiger partial charge on any atom is -0.497 e. The van der Waals surface area contributed by atoms with Gasteiger partial charge >= 0.3 is 0 Å². The van der Waals surface area contributed by atoms with Gasteiger partial charge in [0.15, 0.2) is 5.78 Å². The molecule has 2 aromatic rings. The number of hydrogen-bond acceptors (Lipinski definition) is 6. The lowest BCUT2D eigenvalue weighted by Crippen LogP contribution is -2.37. The summed E-state index contributed by atoms with van der Waals surface area (Å²) in [6.45, 7) is 0.0434. The van der Waals surface area contributed by atoms with Crippen LogP contribution in [0.3, 0.4) is 0 Å². The van der Waals surface area contributed by atoms with Gasteiger partial charge in [-0.1, -0.05) is 0 Å². The maximum Gasteiger partial charge on any atom is 0.268 e. The highest BCUT2D eigenvalue weighted by Gasteiger charge is 2.34. The largest absolute Gasteiger partial charge is 0.497 e. The summed E-state index contributed by atoms with van der Waals surface area (Å²) in [5.74, 6) is 0.957. The molecule has 0 fully saturated rings. The number of methoxy groups -OCH3 is 3. The van der Waals surface area contributed by atoms with Crippen LogP contribution in [0.4, 0.5) is 5.69 Å². The van der Waals surface area contributed by atoms with Crippen LogP contribution in [0.1, 0.15) is 16.8 Å². The summed E-state index contributed by atoms with van der Waals surface area (Å²) >= 11 is 0. The van der Waals surface area contributed by atoms with E-state index < -0.39 is 10.0 Å². The Kier molecular flexibility index (Phi) is 4.78. The number of rotatable bonds is 5. The molecule has 0 atom stereocenters. The van der Waals surface area contributed by atoms with Crippen molar-refractivity contribution in [2.45, 2.75) is 11.3 Å². The number of hydrogen-bond donors (Lipinski definition) is 0. The van der Waals surface area contributed by atoms with Gasteiger partial charge in [0.1, 0.15) is 22.1 Å². The quantitative estimate of drug-likeness (QED) is 0.796. The minimum atomic E-state index is -3.98. The molecule has 0 aliphatic carbocycles. The number of ether oxygens (including phenoxy) is 3. The maximum atomic E-state index is 13.3. The molecule has 0 saturated heterocycles. The second kappa shape index (κ2) is 6.87. The number of fused-ring (bicyclic) bond motifs is 1. The molecule has 0 saturated carbocycles. The van der Waals surface area contributed by atoms with E-state index in [1.807, 2.05) is 0 Å². The van der Waals surface area contributed by atoms with Crippen molar-refractivity contribution in [3.05, 3.63) is 42.0 Å². The van der Waals surface area contributed by atoms with Crippen LogP contribution >= 0.6 is 0 Å². The van der Waals surface area contributed by atoms with Gasteiger partial charge in [0.25, 0.3) is 10.0 Å². The van der Waals surface area contributed by atoms with Crippen LogP contribution in [0.5, 0.6) is 17.2 Å². The molecule has 0 amide bonds. The maximum absolute atomic E-state index is 13.3. The van der Waals surface area contributed by atoms with Gasteiger partial charge in [0.2, 0.25) is 0 Å². The second-order valence-electron chi connectivity index (χ2n) is 5.65. The molecule has 0 aromatic heterocycles. The summed E-state index contributed by atoms with van der Waals surface area (Å²) in [5.41, 5.74) is 0.646. The van der Waals surface area contributed by atoms with E-state index in [2.05, 4.69) is 0 Å². The highest BCUT2D eigenvalue weighted by Crippen LogP contribution is 2.38. The number of Topliss-reactive ketones (excluding diaryl/α,β-unsaturated/α-hetero) is 1. The van der Waals surface area contributed by atoms with Crippen LogP contribution < -0.4 is 18.5 Å². The van der Waals surface area contributed by atoms with E-state index in [1.165, 1.54) is 37.8 Å². The Morgan fingerprint density at radius 2 is 1.58 bits per heavy atom. The van der Waals surface area contributed by atoms with Crippen LogP contribution in [0, 0.1) is 0 Å². The normalized spacial score (nSPS) is 14.0. The second-order valence-corrected chi connectivity index (χ2v) is 7.48. The van der Waals surface area contributed by atoms with Crippen molar-refractivity contribution < 1.29 is 27.4 Å². The highest BCUT2D eigenvalue weighted by molar-refractivity contribution is 7.93. The molecule has 26 heavy (non-hydrogen) atoms. The van der Waals surface area contributed by atoms with Gasteiger partial charge in [-0.3, -0.25) is 9.10 Å². The lowest BCUT2D eigenvalue weighted by atomic mass is 10.0. The van der Waals surface area contributed by atoms with Crippen LogP contribution in [-0.4, -0.2) is 42.1 Å². The van der Waals surface area contributed by atoms with Gasteiger partial charge in [-0.05, 0) is 24.3 Å². The summed E-state index contributed by atoms with van der Waals surface area (Å²) in [5, 5.41) is 0. The summed E-state index contributed by atoms with van der Waals surface area (Å²) in [6.07, 6.45) is 0.102. The van der Waals surface area contributed by atoms with Gasteiger partial charge in [-0.25, -0.2) is 8.42 Å². The average molecular weight is 377 g/mol. The first kappa shape index (κ1) is 18.1. The van der Waals surface area contributed by atoms with E-state index in [0.29, 0.717) is 22.7 Å². The van der Waals surface area contributed by atoms with Gasteiger partial charge < -0.3 is 14.2 Å². The van der Waals surface area contributed by atoms with Crippen molar-refractivity contribution in [2.75, 3.05) is 32.2 Å². The van der Waals surface area contributed by atoms with E-state index >= 15 is 0 Å². The Bertz CT molecular complexity index is 954. The fourth-order valence-electron chi connectivity index (χ4n) is 2.89. The molecule has 3 rings (SSSR count). The van der Waals surface area contributed by atoms with E-state index in [4.69, 9.17) is 14.2 Å². The molecule has 1 aliphatic rings. The molecule has 0 spiro atoms. The number of anilines is 1. The standard InChI is InChI=1S/C18H19NO6S/c1-23-12-4-6-14-15(10-12)19(9-8-16(14)20)26(21,22)18-11-13(24-2)5-7-17(18)25-3/h4-7,10-11H,8-9H2,1-3H3. The molecule has 0 bridgehead atoms. The zero-order chi connectivity index (χ0) is 18.9. The van der Waals surface area contributed by atoms with Crippen molar-refractivity contribution in [2.24, 2.45) is 0 Å². The third kappa shape index (κ3) is 2.96. The summed E-state index contributed by atoms with van der Waals surface area (Å²) in [6, 6.07) is 9.34. The van der Waals surface area contributed by atoms with Crippen LogP contribution in [0.2, 0.25) is 0 Å². The third-order valence-electron chi connectivity index (χ3n) is 4.25. The SMILES string of the molecule is COc1ccc2c(c1)N(S(=O)(=O)c1cc(OC)ccc1OC)CCC2=O. The van der Waals surface area contributed by atoms with E-state index in [1.54, 1.807) is 24.3 Å². The molecule has 138 valence electrons. The lowest BCUT2D eigenvalue weighted by Gasteiger charge is -2.30. The van der Waals surface area contributed by atoms with Crippen molar-refractivity contribution in [3.8, 4) is 17.2 Å². The van der Waals surface area contributed by atoms with Gasteiger partial charge in [0.05, 0.1) is 27.0 Å². The third-order valence-corrected chi connectivity index (χ3v) is 6.09. The smallest absolute Gasteiger partial charge is 0.268 e. The fraction of sp³-hybridized carbons (Fsp3) is 0.278. The Morgan fingerprint density at radius 3 is 2.23 bits per heavy atom. The van der Waals surface area contributed by atoms with Gasteiger partial charge in [-0.2, -0.15) is 0 Å². The van der Waals surface area contributed by atoms with Crippen molar-refractivity contribution in [1.29, 1.82) is 0 Å². The topological polar surface area (TPSA) is 82.1 Å². The molecule has 1 aliphatic heterocycles. The van der Waals surface area contributed by atoms with Crippen molar-refractivity contribution in [1.82, 2.24) is 0 Å². The average Bonchev–Trinajstić information content (AvgIpc) is 2.67. The Balaban J connectivity index is 2.18. The number of nitrogens with zero attached hydrogens (tertiary/aromatic N) is 1. The van der Waals surface area contributed by atoms with Crippen molar-refractivity contribution in [3.63, 3.8) is 0 Å². The van der Waals surface area contributed by atoms with Crippen LogP contribution in [-0.2, 0) is 10.0 Å². The first-order valence-corrected chi connectivity index (χ1v) is 9.32. The molecular weight excluding hydrogens is 358 g/mol. The minimum absolute atomic E-state index is 0.0255. The zero-order valence-corrected chi connectivity index (χ0v) is 15.5. The summed E-state index contributed by atoms with van der Waals surface area (Å²) in [7, 11) is 0.360. The molecule has 0 radical (unpaired) electrons. The first-order valence-electron chi connectivity index (χ1n) is 7.88. The fourth-order valence-corrected chi connectivity index (χ4v) is 4.54. The van der Waals surface area contributed by atoms with Crippen LogP contribution in [0.15, 0.2) is 41.3 Å². The first-order chi connectivity index (χ1) is 12.4. The Hall–Kier alpha value is -2.74. The predicted octanol–water partition coefficient (Wildman–Crippen LogP) is 2.49. The predicted molar refractivity (Wildman–Crippen MR) is 96.0 cm³/mol. The molecule has 7 nitrogen and oxygen atoms in total. The highest BCUT2D eigenvalue weighted by atomic mass is 32.2. The molecule has 8 heteroatoms. The molecule has 0 unspecified atom stereocenters. The van der Waals surface area contributed by atoms with Crippen molar-refractivity contribution >= 4 is 21.5 Å². The lowest BCUT2D eigenvalue weighted by molar-refractivity contribution is 0.0982. The monoisotopic (exact) mass is 377 g/mol. The molecule has 0 N–H and O–H groups in total. The number of benzene rings is 2. The Labute approximate surface area is 152 Å². The molecular formula is C18H19NO6S. The van der Waals surface area contributed by atoms with E-state index in [-0.39, 0.29) is 29.4 Å². The van der Waals surface area contributed by atoms with Crippen LogP contribution in [0.25, 0.3) is 0 Å². The number of ketones is 1. The molecule has 1 heterocycles. The zero-order valence-electron chi connectivity index (χ0n) is 14.7. The Morgan fingerprint density at radius 1 is 0.923 bits per heavy atom. The number of carbonyl (C=O) groups is 1. The summed E-state index contributed by atoms with van der Waals surface area (Å²) < 4.78 is 43.5. The number of carbonyl (C=O) groups excluding carboxylic acids is 1. The van der Waals surface area contributed by atoms with E-state index in [9.17, 15) is 13.2 Å². The number of sulfonamides is 1. The van der Waals surface area contributed by atoms with Gasteiger partial charge in [-0.15, -0.1) is 0 Å².